The van der Waals surface area contributed by atoms with Crippen molar-refractivity contribution in [2.45, 2.75) is 38.5 Å². The standard InChI is InChI=1S/C13H20ClNO2/c1-9(7-10(2)16)15-8-13(17)11-3-5-12(14)6-4-11/h3-6,9-10,13,15-17H,7-8H2,1-2H3. The summed E-state index contributed by atoms with van der Waals surface area (Å²) in [6.07, 6.45) is -0.207. The molecule has 3 atom stereocenters. The minimum Gasteiger partial charge on any atom is -0.393 e. The first-order valence-electron chi connectivity index (χ1n) is 5.84. The zero-order valence-electron chi connectivity index (χ0n) is 10.2. The van der Waals surface area contributed by atoms with E-state index in [2.05, 4.69) is 5.32 Å². The lowest BCUT2D eigenvalue weighted by Crippen LogP contribution is -2.32. The van der Waals surface area contributed by atoms with E-state index in [1.165, 1.54) is 0 Å². The van der Waals surface area contributed by atoms with Crippen molar-refractivity contribution in [3.63, 3.8) is 0 Å². The highest BCUT2D eigenvalue weighted by molar-refractivity contribution is 6.30. The second kappa shape index (κ2) is 6.97. The SMILES string of the molecule is CC(O)CC(C)NCC(O)c1ccc(Cl)cc1. The predicted molar refractivity (Wildman–Crippen MR) is 70.2 cm³/mol. The molecule has 3 unspecified atom stereocenters. The number of aliphatic hydroxyl groups excluding tert-OH is 2. The molecule has 0 radical (unpaired) electrons. The number of halogens is 1. The van der Waals surface area contributed by atoms with Gasteiger partial charge >= 0.3 is 0 Å². The molecule has 17 heavy (non-hydrogen) atoms. The minimum atomic E-state index is -0.552. The fraction of sp³-hybridized carbons (Fsp3) is 0.538. The second-order valence-electron chi connectivity index (χ2n) is 4.46. The highest BCUT2D eigenvalue weighted by Gasteiger charge is 2.10. The Bertz CT molecular complexity index is 327. The van der Waals surface area contributed by atoms with Gasteiger partial charge < -0.3 is 15.5 Å². The molecule has 4 heteroatoms. The van der Waals surface area contributed by atoms with Crippen LogP contribution in [0.4, 0.5) is 0 Å². The maximum atomic E-state index is 9.93. The quantitative estimate of drug-likeness (QED) is 0.732. The summed E-state index contributed by atoms with van der Waals surface area (Å²) in [7, 11) is 0. The number of hydrogen-bond acceptors (Lipinski definition) is 3. The summed E-state index contributed by atoms with van der Waals surface area (Å²) >= 11 is 5.78. The first kappa shape index (κ1) is 14.5. The zero-order valence-corrected chi connectivity index (χ0v) is 11.0. The molecule has 3 N–H and O–H groups in total. The van der Waals surface area contributed by atoms with E-state index in [1.807, 2.05) is 19.1 Å². The summed E-state index contributed by atoms with van der Waals surface area (Å²) in [6, 6.07) is 7.33. The molecule has 0 bridgehead atoms. The number of benzene rings is 1. The zero-order chi connectivity index (χ0) is 12.8. The predicted octanol–water partition coefficient (Wildman–Crippen LogP) is 2.12. The molecule has 1 rings (SSSR count). The lowest BCUT2D eigenvalue weighted by atomic mass is 10.1. The molecule has 0 aliphatic carbocycles. The second-order valence-corrected chi connectivity index (χ2v) is 4.90. The van der Waals surface area contributed by atoms with Crippen molar-refractivity contribution in [2.75, 3.05) is 6.54 Å². The molecule has 0 amide bonds. The van der Waals surface area contributed by atoms with Crippen LogP contribution in [-0.4, -0.2) is 28.9 Å². The summed E-state index contributed by atoms with van der Waals surface area (Å²) in [5.74, 6) is 0. The fourth-order valence-electron chi connectivity index (χ4n) is 1.71. The van der Waals surface area contributed by atoms with Crippen molar-refractivity contribution in [3.8, 4) is 0 Å². The fourth-order valence-corrected chi connectivity index (χ4v) is 1.84. The topological polar surface area (TPSA) is 52.5 Å². The van der Waals surface area contributed by atoms with Crippen LogP contribution in [0, 0.1) is 0 Å². The maximum absolute atomic E-state index is 9.93. The average molecular weight is 258 g/mol. The van der Waals surface area contributed by atoms with Crippen LogP contribution in [0.1, 0.15) is 31.9 Å². The van der Waals surface area contributed by atoms with Crippen molar-refractivity contribution in [3.05, 3.63) is 34.9 Å². The minimum absolute atomic E-state index is 0.178. The molecule has 96 valence electrons. The van der Waals surface area contributed by atoms with Gasteiger partial charge in [-0.05, 0) is 38.0 Å². The van der Waals surface area contributed by atoms with Gasteiger partial charge in [0.2, 0.25) is 0 Å². The van der Waals surface area contributed by atoms with Gasteiger partial charge in [0.05, 0.1) is 12.2 Å². The molecular formula is C13H20ClNO2. The highest BCUT2D eigenvalue weighted by atomic mass is 35.5. The Kier molecular flexibility index (Phi) is 5.92. The number of hydrogen-bond donors (Lipinski definition) is 3. The lowest BCUT2D eigenvalue weighted by Gasteiger charge is -2.18. The van der Waals surface area contributed by atoms with Crippen LogP contribution in [0.2, 0.25) is 5.02 Å². The molecular weight excluding hydrogens is 238 g/mol. The maximum Gasteiger partial charge on any atom is 0.0914 e. The molecule has 0 saturated carbocycles. The molecule has 1 aromatic rings. The summed E-state index contributed by atoms with van der Waals surface area (Å²) in [5, 5.41) is 23.0. The normalized spacial score (nSPS) is 16.5. The van der Waals surface area contributed by atoms with Crippen molar-refractivity contribution >= 4 is 11.6 Å². The van der Waals surface area contributed by atoms with E-state index in [4.69, 9.17) is 11.6 Å². The Labute approximate surface area is 107 Å². The smallest absolute Gasteiger partial charge is 0.0914 e. The van der Waals surface area contributed by atoms with Gasteiger partial charge in [0, 0.05) is 17.6 Å². The summed E-state index contributed by atoms with van der Waals surface area (Å²) in [4.78, 5) is 0. The van der Waals surface area contributed by atoms with Gasteiger partial charge in [-0.25, -0.2) is 0 Å². The summed E-state index contributed by atoms with van der Waals surface area (Å²) in [5.41, 5.74) is 0.839. The third kappa shape index (κ3) is 5.50. The van der Waals surface area contributed by atoms with Crippen LogP contribution < -0.4 is 5.32 Å². The van der Waals surface area contributed by atoms with E-state index in [1.54, 1.807) is 19.1 Å². The highest BCUT2D eigenvalue weighted by Crippen LogP contribution is 2.16. The number of nitrogens with one attached hydrogen (secondary N) is 1. The first-order valence-corrected chi connectivity index (χ1v) is 6.22. The van der Waals surface area contributed by atoms with Crippen molar-refractivity contribution in [2.24, 2.45) is 0 Å². The van der Waals surface area contributed by atoms with Crippen molar-refractivity contribution in [1.29, 1.82) is 0 Å². The van der Waals surface area contributed by atoms with Crippen LogP contribution in [0.5, 0.6) is 0 Å². The monoisotopic (exact) mass is 257 g/mol. The van der Waals surface area contributed by atoms with Gasteiger partial charge in [-0.15, -0.1) is 0 Å². The van der Waals surface area contributed by atoms with Gasteiger partial charge in [-0.1, -0.05) is 23.7 Å². The average Bonchev–Trinajstić information content (AvgIpc) is 2.26. The molecule has 0 fully saturated rings. The Balaban J connectivity index is 2.39. The molecule has 0 heterocycles. The van der Waals surface area contributed by atoms with Gasteiger partial charge in [-0.3, -0.25) is 0 Å². The number of aliphatic hydroxyl groups is 2. The lowest BCUT2D eigenvalue weighted by molar-refractivity contribution is 0.149. The van der Waals surface area contributed by atoms with E-state index in [-0.39, 0.29) is 12.1 Å². The molecule has 0 saturated heterocycles. The third-order valence-electron chi connectivity index (χ3n) is 2.61. The summed E-state index contributed by atoms with van der Waals surface area (Å²) < 4.78 is 0. The van der Waals surface area contributed by atoms with Gasteiger partial charge in [-0.2, -0.15) is 0 Å². The van der Waals surface area contributed by atoms with E-state index < -0.39 is 6.10 Å². The molecule has 0 aromatic heterocycles. The molecule has 1 aromatic carbocycles. The van der Waals surface area contributed by atoms with Crippen LogP contribution in [-0.2, 0) is 0 Å². The van der Waals surface area contributed by atoms with Gasteiger partial charge in [0.15, 0.2) is 0 Å². The van der Waals surface area contributed by atoms with Crippen LogP contribution in [0.15, 0.2) is 24.3 Å². The Morgan fingerprint density at radius 1 is 1.18 bits per heavy atom. The van der Waals surface area contributed by atoms with E-state index in [0.717, 1.165) is 5.56 Å². The van der Waals surface area contributed by atoms with E-state index >= 15 is 0 Å². The third-order valence-corrected chi connectivity index (χ3v) is 2.86. The summed E-state index contributed by atoms with van der Waals surface area (Å²) in [6.45, 7) is 4.21. The van der Waals surface area contributed by atoms with Gasteiger partial charge in [0.25, 0.3) is 0 Å². The molecule has 0 aliphatic heterocycles. The number of rotatable bonds is 6. The first-order chi connectivity index (χ1) is 7.99. The Morgan fingerprint density at radius 3 is 2.29 bits per heavy atom. The van der Waals surface area contributed by atoms with Crippen LogP contribution >= 0.6 is 11.6 Å². The largest absolute Gasteiger partial charge is 0.393 e. The molecule has 0 spiro atoms. The molecule has 3 nitrogen and oxygen atoms in total. The Morgan fingerprint density at radius 2 is 1.76 bits per heavy atom. The van der Waals surface area contributed by atoms with Crippen LogP contribution in [0.25, 0.3) is 0 Å². The Hall–Kier alpha value is -0.610. The van der Waals surface area contributed by atoms with Crippen molar-refractivity contribution in [1.82, 2.24) is 5.32 Å². The van der Waals surface area contributed by atoms with Crippen molar-refractivity contribution < 1.29 is 10.2 Å². The van der Waals surface area contributed by atoms with Gasteiger partial charge in [0.1, 0.15) is 0 Å². The van der Waals surface area contributed by atoms with Crippen LogP contribution in [0.3, 0.4) is 0 Å². The molecule has 0 aliphatic rings. The van der Waals surface area contributed by atoms with E-state index in [0.29, 0.717) is 18.0 Å². The van der Waals surface area contributed by atoms with E-state index in [9.17, 15) is 10.2 Å².